The zero-order chi connectivity index (χ0) is 22.3. The number of nitrogens with zero attached hydrogens (tertiary/aromatic N) is 2. The van der Waals surface area contributed by atoms with E-state index in [1.807, 2.05) is 73.7 Å². The van der Waals surface area contributed by atoms with Crippen LogP contribution in [0.3, 0.4) is 0 Å². The van der Waals surface area contributed by atoms with E-state index in [1.165, 1.54) is 0 Å². The number of anilines is 2. The van der Waals surface area contributed by atoms with Crippen molar-refractivity contribution in [2.24, 2.45) is 0 Å². The largest absolute Gasteiger partial charge is 0.383 e. The Labute approximate surface area is 186 Å². The summed E-state index contributed by atoms with van der Waals surface area (Å²) in [6.45, 7) is 2.36. The number of carbonyl (C=O) groups excluding carboxylic acids is 1. The number of hydrogen-bond donors (Lipinski definition) is 3. The maximum atomic E-state index is 12.7. The Balaban J connectivity index is 1.53. The molecule has 4 aromatic rings. The molecule has 0 bridgehead atoms. The molecule has 4 rings (SSSR count). The number of nitrogens with one attached hydrogen (secondary N) is 3. The fraction of sp³-hybridized carbons (Fsp3) is 0.160. The highest BCUT2D eigenvalue weighted by atomic mass is 16.5. The average molecular weight is 428 g/mol. The summed E-state index contributed by atoms with van der Waals surface area (Å²) in [7, 11) is 1.61. The number of pyridine rings is 1. The van der Waals surface area contributed by atoms with Crippen LogP contribution in [0.25, 0.3) is 23.1 Å². The van der Waals surface area contributed by atoms with Crippen LogP contribution >= 0.6 is 0 Å². The number of ether oxygens (including phenoxy) is 1. The molecule has 2 aromatic heterocycles. The van der Waals surface area contributed by atoms with E-state index in [-0.39, 0.29) is 11.9 Å². The molecule has 7 nitrogen and oxygen atoms in total. The van der Waals surface area contributed by atoms with E-state index >= 15 is 0 Å². The van der Waals surface area contributed by atoms with Gasteiger partial charge < -0.3 is 15.4 Å². The lowest BCUT2D eigenvalue weighted by molar-refractivity contribution is 0.0906. The molecule has 0 saturated heterocycles. The number of amides is 1. The zero-order valence-electron chi connectivity index (χ0n) is 18.0. The Hall–Kier alpha value is -3.97. The Morgan fingerprint density at radius 2 is 1.97 bits per heavy atom. The third kappa shape index (κ3) is 5.01. The molecule has 2 heterocycles. The Morgan fingerprint density at radius 1 is 1.12 bits per heavy atom. The van der Waals surface area contributed by atoms with Crippen LogP contribution < -0.4 is 10.6 Å². The van der Waals surface area contributed by atoms with Gasteiger partial charge in [-0.05, 0) is 61.5 Å². The maximum absolute atomic E-state index is 12.7. The third-order valence-electron chi connectivity index (χ3n) is 4.94. The lowest BCUT2D eigenvalue weighted by atomic mass is 10.1. The van der Waals surface area contributed by atoms with E-state index in [4.69, 9.17) is 4.74 Å². The van der Waals surface area contributed by atoms with Crippen molar-refractivity contribution in [1.29, 1.82) is 0 Å². The second kappa shape index (κ2) is 9.89. The van der Waals surface area contributed by atoms with E-state index < -0.39 is 0 Å². The fourth-order valence-electron chi connectivity index (χ4n) is 3.42. The molecule has 0 saturated carbocycles. The summed E-state index contributed by atoms with van der Waals surface area (Å²) in [5.74, 6) is -0.151. The molecule has 0 aliphatic rings. The second-order valence-corrected chi connectivity index (χ2v) is 7.46. The van der Waals surface area contributed by atoms with Gasteiger partial charge in [0.05, 0.1) is 34.8 Å². The topological polar surface area (TPSA) is 91.9 Å². The second-order valence-electron chi connectivity index (χ2n) is 7.46. The Kier molecular flexibility index (Phi) is 6.57. The van der Waals surface area contributed by atoms with Crippen LogP contribution in [-0.4, -0.2) is 40.8 Å². The number of hydrogen-bond acceptors (Lipinski definition) is 5. The predicted molar refractivity (Wildman–Crippen MR) is 128 cm³/mol. The molecule has 2 aromatic carbocycles. The first-order chi connectivity index (χ1) is 15.6. The van der Waals surface area contributed by atoms with Crippen molar-refractivity contribution in [1.82, 2.24) is 20.5 Å². The molecule has 3 N–H and O–H groups in total. The van der Waals surface area contributed by atoms with Crippen LogP contribution in [0.1, 0.15) is 28.7 Å². The van der Waals surface area contributed by atoms with Gasteiger partial charge in [0.2, 0.25) is 0 Å². The van der Waals surface area contributed by atoms with Crippen LogP contribution in [0.5, 0.6) is 0 Å². The van der Waals surface area contributed by atoms with Crippen molar-refractivity contribution < 1.29 is 9.53 Å². The van der Waals surface area contributed by atoms with Gasteiger partial charge in [0.15, 0.2) is 0 Å². The molecule has 7 heteroatoms. The van der Waals surface area contributed by atoms with Gasteiger partial charge in [0.25, 0.3) is 5.91 Å². The van der Waals surface area contributed by atoms with Crippen LogP contribution in [0.4, 0.5) is 11.4 Å². The average Bonchev–Trinajstić information content (AvgIpc) is 3.21. The number of methoxy groups -OCH3 is 1. The summed E-state index contributed by atoms with van der Waals surface area (Å²) >= 11 is 0. The number of aromatic nitrogens is 3. The summed E-state index contributed by atoms with van der Waals surface area (Å²) in [5, 5.41) is 14.8. The minimum Gasteiger partial charge on any atom is -0.383 e. The lowest BCUT2D eigenvalue weighted by Gasteiger charge is -2.16. The van der Waals surface area contributed by atoms with E-state index in [0.717, 1.165) is 33.7 Å². The normalized spacial score (nSPS) is 12.2. The maximum Gasteiger partial charge on any atom is 0.253 e. The van der Waals surface area contributed by atoms with Gasteiger partial charge in [-0.2, -0.15) is 5.10 Å². The predicted octanol–water partition coefficient (Wildman–Crippen LogP) is 4.64. The van der Waals surface area contributed by atoms with Gasteiger partial charge >= 0.3 is 0 Å². The summed E-state index contributed by atoms with van der Waals surface area (Å²) < 4.78 is 5.10. The Morgan fingerprint density at radius 3 is 2.78 bits per heavy atom. The molecule has 0 spiro atoms. The molecule has 0 fully saturated rings. The molecular weight excluding hydrogens is 402 g/mol. The number of fused-ring (bicyclic) bond motifs is 1. The molecule has 1 amide bonds. The third-order valence-corrected chi connectivity index (χ3v) is 4.94. The monoisotopic (exact) mass is 427 g/mol. The van der Waals surface area contributed by atoms with Crippen molar-refractivity contribution in [3.8, 4) is 0 Å². The van der Waals surface area contributed by atoms with Crippen molar-refractivity contribution >= 4 is 40.3 Å². The quantitative estimate of drug-likeness (QED) is 0.381. The zero-order valence-corrected chi connectivity index (χ0v) is 18.0. The van der Waals surface area contributed by atoms with Gasteiger partial charge in [-0.3, -0.25) is 14.9 Å². The van der Waals surface area contributed by atoms with Crippen molar-refractivity contribution in [2.45, 2.75) is 13.0 Å². The highest BCUT2D eigenvalue weighted by Crippen LogP contribution is 2.26. The first kappa shape index (κ1) is 21.3. The highest BCUT2D eigenvalue weighted by molar-refractivity contribution is 6.01. The minimum atomic E-state index is -0.151. The highest BCUT2D eigenvalue weighted by Gasteiger charge is 2.14. The minimum absolute atomic E-state index is 0.0838. The number of carbonyl (C=O) groups is 1. The fourth-order valence-corrected chi connectivity index (χ4v) is 3.42. The standard InChI is InChI=1S/C25H25N5O2/c1-17(16-32-2)27-25(31)21-8-3-4-9-22(21)28-19-10-12-20-23(29-30-24(20)15-19)13-11-18-7-5-6-14-26-18/h3-15,17,28H,16H2,1-2H3,(H,27,31)(H,29,30)/b13-11+. The van der Waals surface area contributed by atoms with Crippen LogP contribution in [0.15, 0.2) is 66.9 Å². The first-order valence-electron chi connectivity index (χ1n) is 10.4. The molecule has 32 heavy (non-hydrogen) atoms. The van der Waals surface area contributed by atoms with Crippen LogP contribution in [0, 0.1) is 0 Å². The molecule has 0 aliphatic heterocycles. The van der Waals surface area contributed by atoms with E-state index in [9.17, 15) is 4.79 Å². The van der Waals surface area contributed by atoms with Crippen molar-refractivity contribution in [2.75, 3.05) is 19.0 Å². The van der Waals surface area contributed by atoms with Crippen LogP contribution in [-0.2, 0) is 4.74 Å². The summed E-state index contributed by atoms with van der Waals surface area (Å²) in [6, 6.07) is 19.1. The first-order valence-corrected chi connectivity index (χ1v) is 10.4. The van der Waals surface area contributed by atoms with E-state index in [0.29, 0.717) is 12.2 Å². The molecule has 0 aliphatic carbocycles. The van der Waals surface area contributed by atoms with Gasteiger partial charge in [-0.15, -0.1) is 0 Å². The van der Waals surface area contributed by atoms with Gasteiger partial charge in [0, 0.05) is 30.4 Å². The molecule has 0 radical (unpaired) electrons. The van der Waals surface area contributed by atoms with Gasteiger partial charge in [-0.1, -0.05) is 18.2 Å². The summed E-state index contributed by atoms with van der Waals surface area (Å²) in [6.07, 6.45) is 5.63. The number of benzene rings is 2. The van der Waals surface area contributed by atoms with Crippen molar-refractivity contribution in [3.63, 3.8) is 0 Å². The van der Waals surface area contributed by atoms with Gasteiger partial charge in [-0.25, -0.2) is 0 Å². The Bertz CT molecular complexity index is 1230. The smallest absolute Gasteiger partial charge is 0.253 e. The lowest BCUT2D eigenvalue weighted by Crippen LogP contribution is -2.35. The van der Waals surface area contributed by atoms with E-state index in [1.54, 1.807) is 19.4 Å². The summed E-state index contributed by atoms with van der Waals surface area (Å²) in [4.78, 5) is 17.0. The molecule has 1 unspecified atom stereocenters. The van der Waals surface area contributed by atoms with Gasteiger partial charge in [0.1, 0.15) is 0 Å². The number of rotatable bonds is 8. The molecular formula is C25H25N5O2. The SMILES string of the molecule is COCC(C)NC(=O)c1ccccc1Nc1ccc2c(/C=C/c3ccccn3)n[nH]c2c1. The number of H-pyrrole nitrogens is 1. The number of para-hydroxylation sites is 1. The van der Waals surface area contributed by atoms with Crippen LogP contribution in [0.2, 0.25) is 0 Å². The molecule has 1 atom stereocenters. The van der Waals surface area contributed by atoms with Crippen molar-refractivity contribution in [3.05, 3.63) is 83.8 Å². The molecule has 162 valence electrons. The number of aromatic amines is 1. The summed E-state index contributed by atoms with van der Waals surface area (Å²) in [5.41, 5.74) is 4.75. The van der Waals surface area contributed by atoms with E-state index in [2.05, 4.69) is 25.8 Å².